The molecular weight excluding hydrogens is 264 g/mol. The zero-order chi connectivity index (χ0) is 15.2. The Balaban J connectivity index is 1.68. The number of aryl methyl sites for hydroxylation is 1. The lowest BCUT2D eigenvalue weighted by Crippen LogP contribution is -2.35. The number of rotatable bonds is 7. The summed E-state index contributed by atoms with van der Waals surface area (Å²) in [5, 5.41) is 3.34. The number of benzene rings is 1. The van der Waals surface area contributed by atoms with Gasteiger partial charge in [0.25, 0.3) is 0 Å². The highest BCUT2D eigenvalue weighted by molar-refractivity contribution is 5.76. The molecule has 21 heavy (non-hydrogen) atoms. The van der Waals surface area contributed by atoms with Crippen LogP contribution in [0.5, 0.6) is 5.75 Å². The van der Waals surface area contributed by atoms with Crippen LogP contribution in [-0.2, 0) is 11.2 Å². The number of amides is 1. The lowest BCUT2D eigenvalue weighted by atomic mass is 10.1. The fraction of sp³-hybridized carbons (Fsp3) is 0.588. The van der Waals surface area contributed by atoms with Gasteiger partial charge in [0.2, 0.25) is 5.91 Å². The summed E-state index contributed by atoms with van der Waals surface area (Å²) in [6, 6.07) is 6.32. The summed E-state index contributed by atoms with van der Waals surface area (Å²) < 4.78 is 5.90. The van der Waals surface area contributed by atoms with Crippen molar-refractivity contribution >= 4 is 5.91 Å². The number of nitrogens with zero attached hydrogens (tertiary/aromatic N) is 1. The van der Waals surface area contributed by atoms with Gasteiger partial charge < -0.3 is 15.0 Å². The first-order valence-electron chi connectivity index (χ1n) is 7.88. The van der Waals surface area contributed by atoms with Gasteiger partial charge in [0.05, 0.1) is 0 Å². The van der Waals surface area contributed by atoms with Crippen LogP contribution in [0.15, 0.2) is 18.2 Å². The molecular formula is C17H26N2O2. The third kappa shape index (κ3) is 4.21. The second-order valence-corrected chi connectivity index (χ2v) is 5.58. The number of hydrogen-bond acceptors (Lipinski definition) is 3. The quantitative estimate of drug-likeness (QED) is 0.782. The van der Waals surface area contributed by atoms with E-state index in [4.69, 9.17) is 4.74 Å². The van der Waals surface area contributed by atoms with E-state index in [1.54, 1.807) is 0 Å². The topological polar surface area (TPSA) is 41.6 Å². The van der Waals surface area contributed by atoms with Crippen molar-refractivity contribution in [3.05, 3.63) is 29.3 Å². The Bertz CT molecular complexity index is 484. The Kier molecular flexibility index (Phi) is 5.62. The summed E-state index contributed by atoms with van der Waals surface area (Å²) >= 11 is 0. The second-order valence-electron chi connectivity index (χ2n) is 5.58. The number of ether oxygens (including phenoxy) is 1. The van der Waals surface area contributed by atoms with Crippen LogP contribution >= 0.6 is 0 Å². The first kappa shape index (κ1) is 15.8. The number of carbonyl (C=O) groups excluding carboxylic acids is 1. The molecule has 2 rings (SSSR count). The average Bonchev–Trinajstić information content (AvgIpc) is 2.86. The Morgan fingerprint density at radius 1 is 1.38 bits per heavy atom. The normalized spacial score (nSPS) is 16.4. The molecule has 1 aliphatic heterocycles. The predicted molar refractivity (Wildman–Crippen MR) is 84.7 cm³/mol. The van der Waals surface area contributed by atoms with E-state index >= 15 is 0 Å². The zero-order valence-electron chi connectivity index (χ0n) is 13.3. The van der Waals surface area contributed by atoms with Crippen LogP contribution < -0.4 is 10.1 Å². The molecule has 1 aromatic carbocycles. The molecule has 0 radical (unpaired) electrons. The second kappa shape index (κ2) is 7.46. The van der Waals surface area contributed by atoms with Crippen LogP contribution in [0.25, 0.3) is 0 Å². The van der Waals surface area contributed by atoms with Gasteiger partial charge in [-0.15, -0.1) is 0 Å². The molecule has 1 unspecified atom stereocenters. The standard InChI is InChI=1S/C17H26N2O2/c1-4-19(5-2)17(20)8-9-18-12-15-11-14-10-13(3)6-7-16(14)21-15/h6-7,10,15,18H,4-5,8-9,11-12H2,1-3H3. The minimum Gasteiger partial charge on any atom is -0.488 e. The zero-order valence-corrected chi connectivity index (χ0v) is 13.3. The number of carbonyl (C=O) groups is 1. The number of nitrogens with one attached hydrogen (secondary N) is 1. The molecule has 0 aliphatic carbocycles. The van der Waals surface area contributed by atoms with Crippen LogP contribution in [0.2, 0.25) is 0 Å². The largest absolute Gasteiger partial charge is 0.488 e. The molecule has 4 heteroatoms. The van der Waals surface area contributed by atoms with Crippen LogP contribution in [0.1, 0.15) is 31.4 Å². The minimum absolute atomic E-state index is 0.186. The van der Waals surface area contributed by atoms with E-state index in [1.807, 2.05) is 18.7 Å². The smallest absolute Gasteiger partial charge is 0.223 e. The number of fused-ring (bicyclic) bond motifs is 1. The van der Waals surface area contributed by atoms with Crippen LogP contribution in [-0.4, -0.2) is 43.1 Å². The van der Waals surface area contributed by atoms with Crippen LogP contribution in [0, 0.1) is 6.92 Å². The Labute approximate surface area is 127 Å². The van der Waals surface area contributed by atoms with Gasteiger partial charge in [-0.2, -0.15) is 0 Å². The predicted octanol–water partition coefficient (Wildman–Crippen LogP) is 2.15. The van der Waals surface area contributed by atoms with Crippen molar-refractivity contribution in [3.63, 3.8) is 0 Å². The molecule has 0 fully saturated rings. The molecule has 1 atom stereocenters. The monoisotopic (exact) mass is 290 g/mol. The van der Waals surface area contributed by atoms with E-state index in [1.165, 1.54) is 11.1 Å². The summed E-state index contributed by atoms with van der Waals surface area (Å²) in [5.74, 6) is 1.23. The SMILES string of the molecule is CCN(CC)C(=O)CCNCC1Cc2cc(C)ccc2O1. The maximum absolute atomic E-state index is 11.9. The average molecular weight is 290 g/mol. The summed E-state index contributed by atoms with van der Waals surface area (Å²) in [6.45, 7) is 9.21. The van der Waals surface area contributed by atoms with Gasteiger partial charge in [0.1, 0.15) is 11.9 Å². The molecule has 0 saturated heterocycles. The molecule has 0 saturated carbocycles. The molecule has 1 heterocycles. The van der Waals surface area contributed by atoms with E-state index in [0.717, 1.165) is 31.8 Å². The third-order valence-electron chi connectivity index (χ3n) is 3.96. The van der Waals surface area contributed by atoms with Crippen molar-refractivity contribution in [2.75, 3.05) is 26.2 Å². The molecule has 4 nitrogen and oxygen atoms in total. The van der Waals surface area contributed by atoms with Gasteiger partial charge >= 0.3 is 0 Å². The summed E-state index contributed by atoms with van der Waals surface area (Å²) in [7, 11) is 0. The maximum Gasteiger partial charge on any atom is 0.223 e. The van der Waals surface area contributed by atoms with Crippen molar-refractivity contribution in [1.82, 2.24) is 10.2 Å². The van der Waals surface area contributed by atoms with Crippen molar-refractivity contribution in [2.45, 2.75) is 39.7 Å². The van der Waals surface area contributed by atoms with Gasteiger partial charge in [-0.05, 0) is 32.4 Å². The molecule has 1 aromatic rings. The lowest BCUT2D eigenvalue weighted by molar-refractivity contribution is -0.130. The van der Waals surface area contributed by atoms with E-state index in [9.17, 15) is 4.79 Å². The molecule has 0 spiro atoms. The van der Waals surface area contributed by atoms with Crippen molar-refractivity contribution in [3.8, 4) is 5.75 Å². The third-order valence-corrected chi connectivity index (χ3v) is 3.96. The molecule has 0 aromatic heterocycles. The van der Waals surface area contributed by atoms with Crippen molar-refractivity contribution in [2.24, 2.45) is 0 Å². The molecule has 0 bridgehead atoms. The fourth-order valence-electron chi connectivity index (χ4n) is 2.76. The van der Waals surface area contributed by atoms with Gasteiger partial charge in [-0.1, -0.05) is 17.7 Å². The maximum atomic E-state index is 11.9. The van der Waals surface area contributed by atoms with E-state index in [-0.39, 0.29) is 12.0 Å². The Hall–Kier alpha value is -1.55. The first-order valence-corrected chi connectivity index (χ1v) is 7.88. The highest BCUT2D eigenvalue weighted by Gasteiger charge is 2.22. The van der Waals surface area contributed by atoms with Crippen LogP contribution in [0.4, 0.5) is 0 Å². The van der Waals surface area contributed by atoms with Crippen molar-refractivity contribution in [1.29, 1.82) is 0 Å². The molecule has 1 N–H and O–H groups in total. The lowest BCUT2D eigenvalue weighted by Gasteiger charge is -2.19. The summed E-state index contributed by atoms with van der Waals surface area (Å²) in [4.78, 5) is 13.7. The van der Waals surface area contributed by atoms with E-state index < -0.39 is 0 Å². The fourth-order valence-corrected chi connectivity index (χ4v) is 2.76. The van der Waals surface area contributed by atoms with Gasteiger partial charge in [0.15, 0.2) is 0 Å². The van der Waals surface area contributed by atoms with Crippen LogP contribution in [0.3, 0.4) is 0 Å². The highest BCUT2D eigenvalue weighted by atomic mass is 16.5. The highest BCUT2D eigenvalue weighted by Crippen LogP contribution is 2.29. The molecule has 116 valence electrons. The van der Waals surface area contributed by atoms with Gasteiger partial charge in [-0.3, -0.25) is 4.79 Å². The minimum atomic E-state index is 0.186. The van der Waals surface area contributed by atoms with Crippen molar-refractivity contribution < 1.29 is 9.53 Å². The Morgan fingerprint density at radius 3 is 2.86 bits per heavy atom. The van der Waals surface area contributed by atoms with E-state index in [0.29, 0.717) is 13.0 Å². The van der Waals surface area contributed by atoms with Gasteiger partial charge in [0, 0.05) is 39.0 Å². The van der Waals surface area contributed by atoms with Gasteiger partial charge in [-0.25, -0.2) is 0 Å². The summed E-state index contributed by atoms with van der Waals surface area (Å²) in [5.41, 5.74) is 2.57. The van der Waals surface area contributed by atoms with E-state index in [2.05, 4.69) is 30.4 Å². The first-order chi connectivity index (χ1) is 10.1. The number of hydrogen-bond donors (Lipinski definition) is 1. The summed E-state index contributed by atoms with van der Waals surface area (Å²) in [6.07, 6.45) is 1.69. The molecule has 1 amide bonds. The molecule has 1 aliphatic rings. The Morgan fingerprint density at radius 2 is 2.14 bits per heavy atom.